The summed E-state index contributed by atoms with van der Waals surface area (Å²) in [4.78, 5) is 0. The van der Waals surface area contributed by atoms with Gasteiger partial charge in [-0.3, -0.25) is 0 Å². The molecule has 2 aromatic rings. The largest absolute Gasteiger partial charge is 0.457 e. The summed E-state index contributed by atoms with van der Waals surface area (Å²) >= 11 is 3.16. The average molecular weight is 352 g/mol. The number of rotatable bonds is 5. The van der Waals surface area contributed by atoms with Gasteiger partial charge in [-0.2, -0.15) is 0 Å². The van der Waals surface area contributed by atoms with Crippen molar-refractivity contribution in [2.75, 3.05) is 0 Å². The molecule has 0 atom stereocenters. The van der Waals surface area contributed by atoms with Crippen LogP contribution in [-0.4, -0.2) is 6.04 Å². The molecule has 2 nitrogen and oxygen atoms in total. The van der Waals surface area contributed by atoms with E-state index in [1.807, 2.05) is 12.1 Å². The first-order valence-electron chi connectivity index (χ1n) is 6.91. The van der Waals surface area contributed by atoms with E-state index in [-0.39, 0.29) is 5.82 Å². The summed E-state index contributed by atoms with van der Waals surface area (Å²) in [5.74, 6) is 1.06. The molecule has 0 bridgehead atoms. The Hall–Kier alpha value is -1.39. The third-order valence-electron chi connectivity index (χ3n) is 3.14. The van der Waals surface area contributed by atoms with Crippen LogP contribution in [0, 0.1) is 12.7 Å². The molecule has 0 aliphatic heterocycles. The molecule has 0 saturated carbocycles. The maximum Gasteiger partial charge on any atom is 0.137 e. The molecule has 21 heavy (non-hydrogen) atoms. The van der Waals surface area contributed by atoms with E-state index in [1.54, 1.807) is 12.1 Å². The Bertz CT molecular complexity index is 628. The Balaban J connectivity index is 2.10. The predicted octanol–water partition coefficient (Wildman–Crippen LogP) is 5.19. The molecule has 0 aliphatic rings. The van der Waals surface area contributed by atoms with Gasteiger partial charge in [-0.25, -0.2) is 4.39 Å². The van der Waals surface area contributed by atoms with E-state index in [0.717, 1.165) is 12.3 Å². The summed E-state index contributed by atoms with van der Waals surface area (Å²) in [5, 5.41) is 3.40. The molecule has 0 saturated heterocycles. The van der Waals surface area contributed by atoms with E-state index in [0.29, 0.717) is 16.3 Å². The molecule has 112 valence electrons. The molecule has 4 heteroatoms. The van der Waals surface area contributed by atoms with E-state index in [9.17, 15) is 4.39 Å². The van der Waals surface area contributed by atoms with Gasteiger partial charge in [0.05, 0.1) is 4.47 Å². The number of nitrogens with one attached hydrogen (secondary N) is 1. The predicted molar refractivity (Wildman–Crippen MR) is 87.3 cm³/mol. The zero-order valence-corrected chi connectivity index (χ0v) is 14.0. The molecule has 0 aromatic heterocycles. The maximum atomic E-state index is 13.2. The normalized spacial score (nSPS) is 11.0. The first-order valence-corrected chi connectivity index (χ1v) is 7.71. The van der Waals surface area contributed by atoms with Gasteiger partial charge in [0.15, 0.2) is 0 Å². The second kappa shape index (κ2) is 7.05. The van der Waals surface area contributed by atoms with Gasteiger partial charge in [0.2, 0.25) is 0 Å². The maximum absolute atomic E-state index is 13.2. The minimum absolute atomic E-state index is 0.298. The van der Waals surface area contributed by atoms with Crippen LogP contribution in [0.3, 0.4) is 0 Å². The summed E-state index contributed by atoms with van der Waals surface area (Å²) in [6, 6.07) is 11.1. The van der Waals surface area contributed by atoms with Crippen molar-refractivity contribution in [1.82, 2.24) is 5.32 Å². The summed E-state index contributed by atoms with van der Waals surface area (Å²) in [6.07, 6.45) is 0. The molecular formula is C17H19BrFNO. The van der Waals surface area contributed by atoms with Gasteiger partial charge in [0.25, 0.3) is 0 Å². The van der Waals surface area contributed by atoms with Crippen LogP contribution in [0.4, 0.5) is 4.39 Å². The first-order chi connectivity index (χ1) is 9.95. The molecule has 0 heterocycles. The molecule has 0 radical (unpaired) electrons. The highest BCUT2D eigenvalue weighted by Crippen LogP contribution is 2.27. The fraction of sp³-hybridized carbons (Fsp3) is 0.294. The van der Waals surface area contributed by atoms with Crippen LogP contribution < -0.4 is 10.1 Å². The Labute approximate surface area is 133 Å². The highest BCUT2D eigenvalue weighted by molar-refractivity contribution is 9.10. The molecule has 2 aromatic carbocycles. The third-order valence-corrected chi connectivity index (χ3v) is 3.75. The van der Waals surface area contributed by atoms with Crippen molar-refractivity contribution in [1.29, 1.82) is 0 Å². The lowest BCUT2D eigenvalue weighted by Crippen LogP contribution is -2.22. The van der Waals surface area contributed by atoms with E-state index < -0.39 is 0 Å². The fourth-order valence-corrected chi connectivity index (χ4v) is 2.28. The van der Waals surface area contributed by atoms with Crippen LogP contribution in [0.2, 0.25) is 0 Å². The van der Waals surface area contributed by atoms with Gasteiger partial charge in [-0.1, -0.05) is 19.9 Å². The summed E-state index contributed by atoms with van der Waals surface area (Å²) in [5.41, 5.74) is 2.41. The molecule has 0 fully saturated rings. The van der Waals surface area contributed by atoms with Crippen molar-refractivity contribution in [3.63, 3.8) is 0 Å². The van der Waals surface area contributed by atoms with Gasteiger partial charge in [0.1, 0.15) is 17.3 Å². The molecule has 2 rings (SSSR count). The van der Waals surface area contributed by atoms with E-state index >= 15 is 0 Å². The molecule has 0 spiro atoms. The molecule has 0 aliphatic carbocycles. The Morgan fingerprint density at radius 1 is 1.14 bits per heavy atom. The van der Waals surface area contributed by atoms with Crippen molar-refractivity contribution in [3.05, 3.63) is 57.8 Å². The smallest absolute Gasteiger partial charge is 0.137 e. The van der Waals surface area contributed by atoms with Crippen molar-refractivity contribution in [2.24, 2.45) is 0 Å². The number of halogens is 2. The quantitative estimate of drug-likeness (QED) is 0.800. The zero-order valence-electron chi connectivity index (χ0n) is 12.4. The molecule has 0 amide bonds. The number of hydrogen-bond acceptors (Lipinski definition) is 2. The summed E-state index contributed by atoms with van der Waals surface area (Å²) in [6.45, 7) is 7.15. The SMILES string of the molecule is Cc1cc(Oc2ccc(F)c(Br)c2)ccc1CNC(C)C. The van der Waals surface area contributed by atoms with Crippen molar-refractivity contribution in [3.8, 4) is 11.5 Å². The van der Waals surface area contributed by atoms with Crippen LogP contribution in [0.5, 0.6) is 11.5 Å². The average Bonchev–Trinajstić information content (AvgIpc) is 2.42. The van der Waals surface area contributed by atoms with Crippen LogP contribution in [0.1, 0.15) is 25.0 Å². The number of ether oxygens (including phenoxy) is 1. The van der Waals surface area contributed by atoms with Crippen LogP contribution in [0.25, 0.3) is 0 Å². The first kappa shape index (κ1) is 16.0. The molecule has 0 unspecified atom stereocenters. The Kier molecular flexibility index (Phi) is 5.37. The van der Waals surface area contributed by atoms with Crippen LogP contribution in [-0.2, 0) is 6.54 Å². The summed E-state index contributed by atoms with van der Waals surface area (Å²) in [7, 11) is 0. The topological polar surface area (TPSA) is 21.3 Å². The second-order valence-electron chi connectivity index (χ2n) is 5.30. The van der Waals surface area contributed by atoms with Crippen molar-refractivity contribution >= 4 is 15.9 Å². The minimum Gasteiger partial charge on any atom is -0.457 e. The zero-order chi connectivity index (χ0) is 15.4. The van der Waals surface area contributed by atoms with Crippen LogP contribution >= 0.6 is 15.9 Å². The highest BCUT2D eigenvalue weighted by atomic mass is 79.9. The van der Waals surface area contributed by atoms with E-state index in [2.05, 4.69) is 48.1 Å². The number of aryl methyl sites for hydroxylation is 1. The monoisotopic (exact) mass is 351 g/mol. The second-order valence-corrected chi connectivity index (χ2v) is 6.16. The minimum atomic E-state index is -0.298. The van der Waals surface area contributed by atoms with Crippen molar-refractivity contribution in [2.45, 2.75) is 33.4 Å². The molecule has 1 N–H and O–H groups in total. The highest BCUT2D eigenvalue weighted by Gasteiger charge is 2.05. The molecular weight excluding hydrogens is 333 g/mol. The number of hydrogen-bond donors (Lipinski definition) is 1. The summed E-state index contributed by atoms with van der Waals surface area (Å²) < 4.78 is 19.4. The lowest BCUT2D eigenvalue weighted by molar-refractivity contribution is 0.479. The van der Waals surface area contributed by atoms with Crippen LogP contribution in [0.15, 0.2) is 40.9 Å². The lowest BCUT2D eigenvalue weighted by Gasteiger charge is -2.12. The van der Waals surface area contributed by atoms with E-state index in [1.165, 1.54) is 17.2 Å². The Morgan fingerprint density at radius 3 is 2.43 bits per heavy atom. The Morgan fingerprint density at radius 2 is 1.81 bits per heavy atom. The van der Waals surface area contributed by atoms with Gasteiger partial charge in [0, 0.05) is 12.6 Å². The lowest BCUT2D eigenvalue weighted by atomic mass is 10.1. The standard InChI is InChI=1S/C17H19BrFNO/c1-11(2)20-10-13-4-5-14(8-12(13)3)21-15-6-7-17(19)16(18)9-15/h4-9,11,20H,10H2,1-3H3. The number of benzene rings is 2. The van der Waals surface area contributed by atoms with Crippen molar-refractivity contribution < 1.29 is 9.13 Å². The van der Waals surface area contributed by atoms with Gasteiger partial charge >= 0.3 is 0 Å². The van der Waals surface area contributed by atoms with Gasteiger partial charge < -0.3 is 10.1 Å². The van der Waals surface area contributed by atoms with E-state index in [4.69, 9.17) is 4.74 Å². The van der Waals surface area contributed by atoms with Gasteiger partial charge in [-0.15, -0.1) is 0 Å². The fourth-order valence-electron chi connectivity index (χ4n) is 1.92. The third kappa shape index (κ3) is 4.55. The van der Waals surface area contributed by atoms with Gasteiger partial charge in [-0.05, 0) is 64.3 Å².